The Morgan fingerprint density at radius 1 is 1.22 bits per heavy atom. The van der Waals surface area contributed by atoms with Crippen molar-refractivity contribution in [3.05, 3.63) is 46.1 Å². The quantitative estimate of drug-likeness (QED) is 0.622. The molecule has 1 aliphatic carbocycles. The zero-order valence-electron chi connectivity index (χ0n) is 15.0. The molecule has 0 unspecified atom stereocenters. The summed E-state index contributed by atoms with van der Waals surface area (Å²) < 4.78 is 5.72. The van der Waals surface area contributed by atoms with E-state index in [0.29, 0.717) is 33.4 Å². The Hall–Kier alpha value is -2.60. The molecule has 1 saturated carbocycles. The van der Waals surface area contributed by atoms with Gasteiger partial charge in [-0.2, -0.15) is 4.98 Å². The van der Waals surface area contributed by atoms with Crippen LogP contribution in [0.25, 0.3) is 11.2 Å². The van der Waals surface area contributed by atoms with Crippen molar-refractivity contribution in [3.63, 3.8) is 0 Å². The summed E-state index contributed by atoms with van der Waals surface area (Å²) in [6.45, 7) is 1.74. The Labute approximate surface area is 161 Å². The third-order valence-electron chi connectivity index (χ3n) is 5.08. The number of nitrogens with one attached hydrogen (secondary N) is 1. The minimum atomic E-state index is -0.992. The van der Waals surface area contributed by atoms with E-state index in [-0.39, 0.29) is 11.6 Å². The van der Waals surface area contributed by atoms with E-state index in [1.807, 2.05) is 6.07 Å². The van der Waals surface area contributed by atoms with Crippen LogP contribution in [0.3, 0.4) is 0 Å². The zero-order valence-corrected chi connectivity index (χ0v) is 15.7. The molecular weight excluding hydrogens is 366 g/mol. The fraction of sp³-hybridized carbons (Fsp3) is 0.350. The number of rotatable bonds is 4. The number of pyridine rings is 1. The van der Waals surface area contributed by atoms with Gasteiger partial charge in [-0.1, -0.05) is 36.9 Å². The number of benzene rings is 1. The van der Waals surface area contributed by atoms with Crippen LogP contribution in [0.15, 0.2) is 24.3 Å². The lowest BCUT2D eigenvalue weighted by atomic mass is 9.86. The van der Waals surface area contributed by atoms with Gasteiger partial charge in [-0.05, 0) is 43.5 Å². The molecule has 0 bridgehead atoms. The van der Waals surface area contributed by atoms with Gasteiger partial charge in [0.25, 0.3) is 0 Å². The van der Waals surface area contributed by atoms with Gasteiger partial charge in [0.15, 0.2) is 5.65 Å². The van der Waals surface area contributed by atoms with Crippen molar-refractivity contribution in [2.45, 2.75) is 44.9 Å². The van der Waals surface area contributed by atoms with E-state index in [4.69, 9.17) is 16.3 Å². The highest BCUT2D eigenvalue weighted by molar-refractivity contribution is 6.31. The highest BCUT2D eigenvalue weighted by Gasteiger charge is 2.21. The first-order valence-corrected chi connectivity index (χ1v) is 9.47. The van der Waals surface area contributed by atoms with Crippen molar-refractivity contribution >= 4 is 28.7 Å². The Balaban J connectivity index is 1.64. The number of carboxylic acid groups (broad SMARTS) is 1. The number of aromatic nitrogens is 3. The van der Waals surface area contributed by atoms with Crippen molar-refractivity contribution in [2.75, 3.05) is 0 Å². The maximum atomic E-state index is 11.3. The van der Waals surface area contributed by atoms with Crippen molar-refractivity contribution in [1.29, 1.82) is 0 Å². The smallest absolute Gasteiger partial charge is 0.336 e. The summed E-state index contributed by atoms with van der Waals surface area (Å²) in [5.74, 6) is -0.212. The molecule has 140 valence electrons. The van der Waals surface area contributed by atoms with Gasteiger partial charge in [-0.15, -0.1) is 0 Å². The number of nitrogens with zero attached hydrogens (tertiary/aromatic N) is 2. The molecule has 1 aliphatic rings. The van der Waals surface area contributed by atoms with E-state index < -0.39 is 5.97 Å². The Morgan fingerprint density at radius 3 is 2.74 bits per heavy atom. The standard InChI is InChI=1S/C20H20ClN3O3/c1-11-7-8-13(9-14(11)19(25)26)27-20-22-16-10-15(21)17(23-18(16)24-20)12-5-3-2-4-6-12/h7-10,12H,2-6H2,1H3,(H,25,26)(H,22,23,24). The van der Waals surface area contributed by atoms with Crippen LogP contribution >= 0.6 is 11.6 Å². The molecule has 4 rings (SSSR count). The fourth-order valence-electron chi connectivity index (χ4n) is 3.63. The molecule has 0 amide bonds. The topological polar surface area (TPSA) is 88.1 Å². The maximum absolute atomic E-state index is 11.3. The number of carboxylic acids is 1. The first-order chi connectivity index (χ1) is 13.0. The predicted molar refractivity (Wildman–Crippen MR) is 103 cm³/mol. The Bertz CT molecular complexity index is 1010. The predicted octanol–water partition coefficient (Wildman–Crippen LogP) is 5.46. The fourth-order valence-corrected chi connectivity index (χ4v) is 3.93. The molecule has 0 saturated heterocycles. The van der Waals surface area contributed by atoms with Crippen LogP contribution in [0.4, 0.5) is 0 Å². The number of hydrogen-bond acceptors (Lipinski definition) is 4. The van der Waals surface area contributed by atoms with Gasteiger partial charge < -0.3 is 14.8 Å². The van der Waals surface area contributed by atoms with Crippen LogP contribution in [-0.2, 0) is 0 Å². The summed E-state index contributed by atoms with van der Waals surface area (Å²) in [5, 5.41) is 9.90. The lowest BCUT2D eigenvalue weighted by molar-refractivity contribution is 0.0695. The van der Waals surface area contributed by atoms with Crippen molar-refractivity contribution < 1.29 is 14.6 Å². The molecule has 1 fully saturated rings. The van der Waals surface area contributed by atoms with Crippen LogP contribution < -0.4 is 4.74 Å². The Morgan fingerprint density at radius 2 is 2.00 bits per heavy atom. The minimum Gasteiger partial charge on any atom is -0.478 e. The second-order valence-corrected chi connectivity index (χ2v) is 7.39. The van der Waals surface area contributed by atoms with Gasteiger partial charge in [0, 0.05) is 5.92 Å². The highest BCUT2D eigenvalue weighted by atomic mass is 35.5. The molecule has 3 aromatic rings. The number of imidazole rings is 1. The summed E-state index contributed by atoms with van der Waals surface area (Å²) in [6, 6.07) is 7.00. The van der Waals surface area contributed by atoms with Crippen molar-refractivity contribution in [1.82, 2.24) is 15.0 Å². The van der Waals surface area contributed by atoms with Gasteiger partial charge in [0.05, 0.1) is 21.8 Å². The molecule has 1 aromatic carbocycles. The largest absolute Gasteiger partial charge is 0.478 e. The molecule has 7 heteroatoms. The van der Waals surface area contributed by atoms with Crippen LogP contribution in [-0.4, -0.2) is 26.0 Å². The number of aromatic carboxylic acids is 1. The molecule has 0 spiro atoms. The van der Waals surface area contributed by atoms with Crippen molar-refractivity contribution in [2.24, 2.45) is 0 Å². The van der Waals surface area contributed by atoms with Gasteiger partial charge in [0.2, 0.25) is 0 Å². The van der Waals surface area contributed by atoms with Gasteiger partial charge in [-0.25, -0.2) is 9.78 Å². The number of hydrogen-bond donors (Lipinski definition) is 2. The van der Waals surface area contributed by atoms with E-state index in [2.05, 4.69) is 15.0 Å². The normalized spacial score (nSPS) is 15.2. The highest BCUT2D eigenvalue weighted by Crippen LogP contribution is 2.36. The maximum Gasteiger partial charge on any atom is 0.336 e. The molecular formula is C20H20ClN3O3. The Kier molecular flexibility index (Phi) is 4.74. The van der Waals surface area contributed by atoms with Crippen LogP contribution in [0.5, 0.6) is 11.8 Å². The first kappa shape index (κ1) is 17.8. The lowest BCUT2D eigenvalue weighted by Gasteiger charge is -2.21. The molecule has 0 atom stereocenters. The number of aromatic amines is 1. The zero-order chi connectivity index (χ0) is 19.0. The number of aryl methyl sites for hydroxylation is 1. The van der Waals surface area contributed by atoms with E-state index in [0.717, 1.165) is 18.5 Å². The second-order valence-electron chi connectivity index (χ2n) is 6.99. The molecule has 0 radical (unpaired) electrons. The van der Waals surface area contributed by atoms with Crippen LogP contribution in [0, 0.1) is 6.92 Å². The molecule has 6 nitrogen and oxygen atoms in total. The summed E-state index contributed by atoms with van der Waals surface area (Å²) in [5.41, 5.74) is 3.03. The first-order valence-electron chi connectivity index (χ1n) is 9.09. The number of fused-ring (bicyclic) bond motifs is 1. The molecule has 2 aromatic heterocycles. The average Bonchev–Trinajstić information content (AvgIpc) is 3.04. The number of halogens is 1. The van der Waals surface area contributed by atoms with Gasteiger partial charge >= 0.3 is 12.0 Å². The third-order valence-corrected chi connectivity index (χ3v) is 5.38. The number of carbonyl (C=O) groups is 1. The van der Waals surface area contributed by atoms with E-state index in [9.17, 15) is 9.90 Å². The second kappa shape index (κ2) is 7.19. The van der Waals surface area contributed by atoms with Crippen LogP contribution in [0.1, 0.15) is 59.6 Å². The van der Waals surface area contributed by atoms with Crippen molar-refractivity contribution in [3.8, 4) is 11.8 Å². The van der Waals surface area contributed by atoms with Crippen LogP contribution in [0.2, 0.25) is 5.02 Å². The van der Waals surface area contributed by atoms with Gasteiger partial charge in [0.1, 0.15) is 5.75 Å². The minimum absolute atomic E-state index is 0.198. The monoisotopic (exact) mass is 385 g/mol. The lowest BCUT2D eigenvalue weighted by Crippen LogP contribution is -2.07. The van der Waals surface area contributed by atoms with E-state index >= 15 is 0 Å². The number of H-pyrrole nitrogens is 1. The summed E-state index contributed by atoms with van der Waals surface area (Å²) in [6.07, 6.45) is 5.89. The summed E-state index contributed by atoms with van der Waals surface area (Å²) >= 11 is 6.46. The molecule has 0 aliphatic heterocycles. The van der Waals surface area contributed by atoms with Gasteiger partial charge in [-0.3, -0.25) is 0 Å². The third kappa shape index (κ3) is 3.62. The van der Waals surface area contributed by atoms with E-state index in [1.54, 1.807) is 19.1 Å². The summed E-state index contributed by atoms with van der Waals surface area (Å²) in [7, 11) is 0. The number of ether oxygens (including phenoxy) is 1. The molecule has 27 heavy (non-hydrogen) atoms. The molecule has 2 N–H and O–H groups in total. The molecule has 2 heterocycles. The van der Waals surface area contributed by atoms with E-state index in [1.165, 1.54) is 25.3 Å². The average molecular weight is 386 g/mol. The SMILES string of the molecule is Cc1ccc(Oc2nc3nc(C4CCCCC4)c(Cl)cc3[nH]2)cc1C(=O)O. The summed E-state index contributed by atoms with van der Waals surface area (Å²) in [4.78, 5) is 23.4.